The zero-order chi connectivity index (χ0) is 28.0. The maximum atomic E-state index is 13.5. The molecule has 8 nitrogen and oxygen atoms in total. The Labute approximate surface area is 233 Å². The van der Waals surface area contributed by atoms with Gasteiger partial charge in [0, 0.05) is 32.1 Å². The fraction of sp³-hybridized carbons (Fsp3) is 0.548. The lowest BCUT2D eigenvalue weighted by molar-refractivity contribution is -0.133. The summed E-state index contributed by atoms with van der Waals surface area (Å²) < 4.78 is 22.7. The molecule has 0 spiro atoms. The third-order valence-electron chi connectivity index (χ3n) is 7.32. The zero-order valence-corrected chi connectivity index (χ0v) is 23.7. The normalized spacial score (nSPS) is 19.2. The molecule has 0 bridgehead atoms. The number of nitrogens with zero attached hydrogens (tertiary/aromatic N) is 2. The molecule has 1 fully saturated rings. The zero-order valence-electron chi connectivity index (χ0n) is 23.7. The number of carbonyl (C=O) groups is 2. The van der Waals surface area contributed by atoms with Gasteiger partial charge in [-0.1, -0.05) is 32.1 Å². The van der Waals surface area contributed by atoms with E-state index in [0.717, 1.165) is 56.6 Å². The van der Waals surface area contributed by atoms with Gasteiger partial charge in [-0.25, -0.2) is 0 Å². The maximum absolute atomic E-state index is 13.5. The standard InChI is InChI=1S/C31H44N2O6/c1-5-8-15-32(16-9-10-17-34)31(35)22-33-21-25(24-12-13-29-30(20-24)39-23-38-29)19-26(33)14-18-37-27(7-3)28(36-4)11-6-2/h6-7,11-13,17,20,25-26H,2,5,8-10,14-16,18-19,21-23H2,1,3-4H3/b27-7+,28-11+/t25-,26+/m1/s1. The number of allylic oxidation sites excluding steroid dienone is 3. The van der Waals surface area contributed by atoms with Crippen LogP contribution in [-0.4, -0.2) is 74.7 Å². The first-order valence-electron chi connectivity index (χ1n) is 14.1. The maximum Gasteiger partial charge on any atom is 0.236 e. The summed E-state index contributed by atoms with van der Waals surface area (Å²) in [6, 6.07) is 6.33. The van der Waals surface area contributed by atoms with Crippen LogP contribution in [0.15, 0.2) is 54.5 Å². The highest BCUT2D eigenvalue weighted by atomic mass is 16.7. The van der Waals surface area contributed by atoms with Gasteiger partial charge in [-0.15, -0.1) is 0 Å². The predicted octanol–water partition coefficient (Wildman–Crippen LogP) is 5.21. The third-order valence-corrected chi connectivity index (χ3v) is 7.32. The van der Waals surface area contributed by atoms with Crippen LogP contribution in [0.1, 0.15) is 63.9 Å². The quantitative estimate of drug-likeness (QED) is 0.116. The van der Waals surface area contributed by atoms with E-state index in [0.29, 0.717) is 44.1 Å². The Morgan fingerprint density at radius 2 is 2.00 bits per heavy atom. The van der Waals surface area contributed by atoms with Crippen LogP contribution in [0.4, 0.5) is 0 Å². The summed E-state index contributed by atoms with van der Waals surface area (Å²) in [5, 5.41) is 0. The average molecular weight is 541 g/mol. The van der Waals surface area contributed by atoms with Crippen LogP contribution in [0.25, 0.3) is 0 Å². The van der Waals surface area contributed by atoms with E-state index < -0.39 is 0 Å². The molecule has 2 aliphatic rings. The van der Waals surface area contributed by atoms with Gasteiger partial charge in [0.2, 0.25) is 12.7 Å². The lowest BCUT2D eigenvalue weighted by Gasteiger charge is -2.28. The number of unbranched alkanes of at least 4 members (excludes halogenated alkanes) is 2. The van der Waals surface area contributed by atoms with Gasteiger partial charge in [-0.2, -0.15) is 0 Å². The third kappa shape index (κ3) is 8.62. The fourth-order valence-electron chi connectivity index (χ4n) is 5.20. The number of fused-ring (bicyclic) bond motifs is 1. The summed E-state index contributed by atoms with van der Waals surface area (Å²) in [4.78, 5) is 28.5. The van der Waals surface area contributed by atoms with Crippen LogP contribution in [0.3, 0.4) is 0 Å². The second-order valence-electron chi connectivity index (χ2n) is 9.93. The van der Waals surface area contributed by atoms with Gasteiger partial charge >= 0.3 is 0 Å². The molecule has 0 N–H and O–H groups in total. The minimum atomic E-state index is 0.122. The van der Waals surface area contributed by atoms with E-state index in [-0.39, 0.29) is 24.7 Å². The summed E-state index contributed by atoms with van der Waals surface area (Å²) in [5.74, 6) is 3.25. The molecule has 0 unspecified atom stereocenters. The number of likely N-dealkylation sites (tertiary alicyclic amines) is 1. The van der Waals surface area contributed by atoms with Crippen molar-refractivity contribution in [1.82, 2.24) is 9.80 Å². The molecule has 1 saturated heterocycles. The van der Waals surface area contributed by atoms with Gasteiger partial charge < -0.3 is 28.6 Å². The molecule has 0 aliphatic carbocycles. The molecule has 2 aliphatic heterocycles. The molecule has 3 rings (SSSR count). The molecule has 0 aromatic heterocycles. The molecular formula is C31H44N2O6. The highest BCUT2D eigenvalue weighted by molar-refractivity contribution is 5.78. The second kappa shape index (κ2) is 16.0. The average Bonchev–Trinajstić information content (AvgIpc) is 3.58. The van der Waals surface area contributed by atoms with Gasteiger partial charge in [-0.05, 0) is 68.4 Å². The number of hydrogen-bond donors (Lipinski definition) is 0. The van der Waals surface area contributed by atoms with Crippen molar-refractivity contribution >= 4 is 12.2 Å². The molecule has 8 heteroatoms. The number of aldehydes is 1. The number of amides is 1. The van der Waals surface area contributed by atoms with Crippen molar-refractivity contribution in [2.45, 2.75) is 64.3 Å². The van der Waals surface area contributed by atoms with E-state index >= 15 is 0 Å². The molecular weight excluding hydrogens is 496 g/mol. The smallest absolute Gasteiger partial charge is 0.236 e. The van der Waals surface area contributed by atoms with Crippen molar-refractivity contribution in [2.24, 2.45) is 0 Å². The van der Waals surface area contributed by atoms with Crippen LogP contribution in [0.5, 0.6) is 11.5 Å². The Kier molecular flexibility index (Phi) is 12.4. The predicted molar refractivity (Wildman–Crippen MR) is 152 cm³/mol. The van der Waals surface area contributed by atoms with Crippen molar-refractivity contribution in [1.29, 1.82) is 0 Å². The SMILES string of the molecule is C=C/C=C(OC)\C(=C/C)OCC[C@H]1C[C@@H](c2ccc3c(c2)OCO3)CN1CC(=O)N(CCCC)CCCC=O. The number of carbonyl (C=O) groups excluding carboxylic acids is 2. The number of rotatable bonds is 17. The van der Waals surface area contributed by atoms with Gasteiger partial charge in [0.1, 0.15) is 6.29 Å². The highest BCUT2D eigenvalue weighted by Gasteiger charge is 2.35. The number of ether oxygens (including phenoxy) is 4. The topological polar surface area (TPSA) is 77.5 Å². The van der Waals surface area contributed by atoms with Crippen molar-refractivity contribution in [3.63, 3.8) is 0 Å². The van der Waals surface area contributed by atoms with Crippen LogP contribution in [0, 0.1) is 0 Å². The molecule has 0 radical (unpaired) electrons. The summed E-state index contributed by atoms with van der Waals surface area (Å²) in [5.41, 5.74) is 1.19. The van der Waals surface area contributed by atoms with Crippen molar-refractivity contribution in [2.75, 3.05) is 46.7 Å². The summed E-state index contributed by atoms with van der Waals surface area (Å²) in [6.45, 7) is 11.0. The number of methoxy groups -OCH3 is 1. The summed E-state index contributed by atoms with van der Waals surface area (Å²) in [6.07, 6.45) is 11.1. The second-order valence-corrected chi connectivity index (χ2v) is 9.93. The largest absolute Gasteiger partial charge is 0.493 e. The van der Waals surface area contributed by atoms with Crippen LogP contribution < -0.4 is 9.47 Å². The molecule has 2 atom stereocenters. The van der Waals surface area contributed by atoms with Crippen molar-refractivity contribution in [3.05, 3.63) is 60.1 Å². The molecule has 0 saturated carbocycles. The lowest BCUT2D eigenvalue weighted by Crippen LogP contribution is -2.43. The summed E-state index contributed by atoms with van der Waals surface area (Å²) >= 11 is 0. The van der Waals surface area contributed by atoms with Gasteiger partial charge in [0.25, 0.3) is 0 Å². The van der Waals surface area contributed by atoms with E-state index in [1.807, 2.05) is 24.0 Å². The van der Waals surface area contributed by atoms with E-state index in [4.69, 9.17) is 18.9 Å². The minimum absolute atomic E-state index is 0.122. The first-order valence-corrected chi connectivity index (χ1v) is 14.1. The number of benzene rings is 1. The van der Waals surface area contributed by atoms with Crippen LogP contribution in [-0.2, 0) is 19.1 Å². The molecule has 1 aromatic carbocycles. The molecule has 39 heavy (non-hydrogen) atoms. The Hall–Kier alpha value is -3.26. The van der Waals surface area contributed by atoms with Crippen LogP contribution >= 0.6 is 0 Å². The molecule has 1 aromatic rings. The fourth-order valence-corrected chi connectivity index (χ4v) is 5.20. The van der Waals surface area contributed by atoms with Gasteiger partial charge in [0.15, 0.2) is 23.0 Å². The monoisotopic (exact) mass is 540 g/mol. The first-order chi connectivity index (χ1) is 19.0. The first kappa shape index (κ1) is 30.3. The summed E-state index contributed by atoms with van der Waals surface area (Å²) in [7, 11) is 1.61. The Balaban J connectivity index is 1.71. The van der Waals surface area contributed by atoms with Gasteiger partial charge in [-0.3, -0.25) is 9.69 Å². The number of hydrogen-bond acceptors (Lipinski definition) is 7. The lowest BCUT2D eigenvalue weighted by atomic mass is 9.95. The molecule has 1 amide bonds. The van der Waals surface area contributed by atoms with Crippen molar-refractivity contribution in [3.8, 4) is 11.5 Å². The van der Waals surface area contributed by atoms with Crippen molar-refractivity contribution < 1.29 is 28.5 Å². The Morgan fingerprint density at radius 1 is 1.21 bits per heavy atom. The van der Waals surface area contributed by atoms with E-state index in [2.05, 4.69) is 30.5 Å². The van der Waals surface area contributed by atoms with Crippen LogP contribution in [0.2, 0.25) is 0 Å². The Morgan fingerprint density at radius 3 is 2.72 bits per heavy atom. The van der Waals surface area contributed by atoms with E-state index in [1.54, 1.807) is 19.3 Å². The van der Waals surface area contributed by atoms with E-state index in [1.165, 1.54) is 5.56 Å². The molecule has 214 valence electrons. The van der Waals surface area contributed by atoms with Gasteiger partial charge in [0.05, 0.1) is 20.3 Å². The molecule has 2 heterocycles. The van der Waals surface area contributed by atoms with E-state index in [9.17, 15) is 9.59 Å². The Bertz CT molecular complexity index is 1020. The highest BCUT2D eigenvalue weighted by Crippen LogP contribution is 2.39. The minimum Gasteiger partial charge on any atom is -0.493 e.